The average Bonchev–Trinajstić information content (AvgIpc) is 2.48. The summed E-state index contributed by atoms with van der Waals surface area (Å²) < 4.78 is 0. The summed E-state index contributed by atoms with van der Waals surface area (Å²) in [4.78, 5) is 15.6. The van der Waals surface area contributed by atoms with Crippen molar-refractivity contribution >= 4 is 52.0 Å². The Labute approximate surface area is 136 Å². The predicted molar refractivity (Wildman–Crippen MR) is 87.6 cm³/mol. The summed E-state index contributed by atoms with van der Waals surface area (Å²) in [6.45, 7) is 0. The third-order valence-corrected chi connectivity index (χ3v) is 4.12. The lowest BCUT2D eigenvalue weighted by atomic mass is 10.1. The normalized spacial score (nSPS) is 10.8. The van der Waals surface area contributed by atoms with Crippen LogP contribution in [0.4, 0.5) is 0 Å². The van der Waals surface area contributed by atoms with E-state index in [9.17, 15) is 4.79 Å². The number of fused-ring (bicyclic) bond motifs is 1. The Balaban J connectivity index is 2.24. The molecule has 0 aliphatic carbocycles. The highest BCUT2D eigenvalue weighted by atomic mass is 35.5. The molecule has 0 saturated heterocycles. The van der Waals surface area contributed by atoms with E-state index >= 15 is 0 Å². The van der Waals surface area contributed by atoms with Crippen LogP contribution in [0.25, 0.3) is 22.2 Å². The van der Waals surface area contributed by atoms with E-state index in [1.54, 1.807) is 18.2 Å². The second kappa shape index (κ2) is 5.64. The van der Waals surface area contributed by atoms with Gasteiger partial charge in [-0.3, -0.25) is 4.79 Å². The van der Waals surface area contributed by atoms with Crippen molar-refractivity contribution < 1.29 is 4.79 Å². The van der Waals surface area contributed by atoms with Gasteiger partial charge in [0.2, 0.25) is 0 Å². The minimum Gasteiger partial charge on any atom is -0.298 e. The molecule has 3 aromatic rings. The number of halogens is 3. The molecule has 2 aromatic carbocycles. The van der Waals surface area contributed by atoms with Crippen LogP contribution in [-0.2, 0) is 0 Å². The lowest BCUT2D eigenvalue weighted by Gasteiger charge is -2.07. The van der Waals surface area contributed by atoms with Gasteiger partial charge in [-0.15, -0.1) is 0 Å². The van der Waals surface area contributed by atoms with Crippen LogP contribution >= 0.6 is 34.8 Å². The first-order chi connectivity index (χ1) is 10.1. The van der Waals surface area contributed by atoms with Crippen molar-refractivity contribution in [2.24, 2.45) is 0 Å². The number of carbonyl (C=O) groups excluding carboxylic acids is 1. The van der Waals surface area contributed by atoms with E-state index in [2.05, 4.69) is 4.98 Å². The predicted octanol–water partition coefficient (Wildman–Crippen LogP) is 5.67. The van der Waals surface area contributed by atoms with Gasteiger partial charge in [0.25, 0.3) is 0 Å². The molecule has 0 aliphatic heterocycles. The second-order valence-electron chi connectivity index (χ2n) is 4.48. The number of carbonyl (C=O) groups is 1. The molecular weight excluding hydrogens is 329 g/mol. The average molecular weight is 337 g/mol. The van der Waals surface area contributed by atoms with E-state index in [0.717, 1.165) is 16.6 Å². The molecule has 3 rings (SSSR count). The zero-order chi connectivity index (χ0) is 15.0. The number of hydrogen-bond donors (Lipinski definition) is 0. The van der Waals surface area contributed by atoms with Crippen LogP contribution in [0.5, 0.6) is 0 Å². The molecule has 21 heavy (non-hydrogen) atoms. The Morgan fingerprint density at radius 1 is 0.952 bits per heavy atom. The largest absolute Gasteiger partial charge is 0.298 e. The molecule has 0 amide bonds. The van der Waals surface area contributed by atoms with Gasteiger partial charge in [0.05, 0.1) is 26.8 Å². The number of nitrogens with zero attached hydrogens (tertiary/aromatic N) is 1. The van der Waals surface area contributed by atoms with Crippen LogP contribution in [0.3, 0.4) is 0 Å². The number of pyridine rings is 1. The molecule has 0 fully saturated rings. The maximum absolute atomic E-state index is 11.1. The fourth-order valence-corrected chi connectivity index (χ4v) is 2.83. The third kappa shape index (κ3) is 2.62. The molecule has 104 valence electrons. The topological polar surface area (TPSA) is 30.0 Å². The fraction of sp³-hybridized carbons (Fsp3) is 0. The Morgan fingerprint density at radius 2 is 1.67 bits per heavy atom. The zero-order valence-electron chi connectivity index (χ0n) is 10.6. The second-order valence-corrected chi connectivity index (χ2v) is 5.70. The molecule has 1 aromatic heterocycles. The van der Waals surface area contributed by atoms with Crippen LogP contribution in [-0.4, -0.2) is 11.3 Å². The van der Waals surface area contributed by atoms with E-state index in [4.69, 9.17) is 34.8 Å². The molecule has 1 heterocycles. The molecule has 2 nitrogen and oxygen atoms in total. The molecule has 0 unspecified atom stereocenters. The Kier molecular flexibility index (Phi) is 3.85. The number of rotatable bonds is 2. The molecular formula is C16H8Cl3NO. The highest BCUT2D eigenvalue weighted by Crippen LogP contribution is 2.32. The minimum atomic E-state index is 0.256. The van der Waals surface area contributed by atoms with Crippen molar-refractivity contribution in [3.8, 4) is 11.3 Å². The van der Waals surface area contributed by atoms with Crippen molar-refractivity contribution in [2.45, 2.75) is 0 Å². The maximum Gasteiger partial charge on any atom is 0.153 e. The van der Waals surface area contributed by atoms with Gasteiger partial charge >= 0.3 is 0 Å². The van der Waals surface area contributed by atoms with Gasteiger partial charge in [-0.25, -0.2) is 4.98 Å². The number of hydrogen-bond acceptors (Lipinski definition) is 2. The smallest absolute Gasteiger partial charge is 0.153 e. The van der Waals surface area contributed by atoms with Gasteiger partial charge in [0, 0.05) is 16.0 Å². The van der Waals surface area contributed by atoms with Crippen molar-refractivity contribution in [1.29, 1.82) is 0 Å². The SMILES string of the molecule is O=Cc1c(Cl)cc2ccc(-c3ccc(Cl)cc3)nc2c1Cl. The van der Waals surface area contributed by atoms with Crippen LogP contribution in [0.15, 0.2) is 42.5 Å². The van der Waals surface area contributed by atoms with Gasteiger partial charge in [-0.2, -0.15) is 0 Å². The molecule has 0 saturated carbocycles. The first-order valence-electron chi connectivity index (χ1n) is 6.10. The third-order valence-electron chi connectivity index (χ3n) is 3.17. The molecule has 0 spiro atoms. The summed E-state index contributed by atoms with van der Waals surface area (Å²) in [6.07, 6.45) is 0.640. The lowest BCUT2D eigenvalue weighted by Crippen LogP contribution is -1.91. The fourth-order valence-electron chi connectivity index (χ4n) is 2.10. The number of aromatic nitrogens is 1. The molecule has 0 bridgehead atoms. The number of aldehydes is 1. The lowest BCUT2D eigenvalue weighted by molar-refractivity contribution is 0.112. The molecule has 0 radical (unpaired) electrons. The monoisotopic (exact) mass is 335 g/mol. The van der Waals surface area contributed by atoms with Gasteiger partial charge < -0.3 is 0 Å². The highest BCUT2D eigenvalue weighted by Gasteiger charge is 2.12. The van der Waals surface area contributed by atoms with Gasteiger partial charge in [-0.1, -0.05) is 53.0 Å². The zero-order valence-corrected chi connectivity index (χ0v) is 12.9. The van der Waals surface area contributed by atoms with Gasteiger partial charge in [0.1, 0.15) is 0 Å². The maximum atomic E-state index is 11.1. The summed E-state index contributed by atoms with van der Waals surface area (Å²) in [5.74, 6) is 0. The summed E-state index contributed by atoms with van der Waals surface area (Å²) >= 11 is 18.1. The van der Waals surface area contributed by atoms with Crippen molar-refractivity contribution in [3.63, 3.8) is 0 Å². The van der Waals surface area contributed by atoms with Crippen LogP contribution in [0, 0.1) is 0 Å². The first kappa shape index (κ1) is 14.3. The van der Waals surface area contributed by atoms with E-state index in [1.165, 1.54) is 0 Å². The summed E-state index contributed by atoms with van der Waals surface area (Å²) in [5.41, 5.74) is 2.47. The minimum absolute atomic E-state index is 0.256. The highest BCUT2D eigenvalue weighted by molar-refractivity contribution is 6.42. The van der Waals surface area contributed by atoms with E-state index in [0.29, 0.717) is 21.8 Å². The summed E-state index contributed by atoms with van der Waals surface area (Å²) in [7, 11) is 0. The molecule has 0 atom stereocenters. The standard InChI is InChI=1S/C16H8Cl3NO/c17-11-4-1-9(2-5-11)14-6-3-10-7-13(18)12(8-21)15(19)16(10)20-14/h1-8H. The van der Waals surface area contributed by atoms with Crippen LogP contribution in [0.2, 0.25) is 15.1 Å². The molecule has 0 N–H and O–H groups in total. The van der Waals surface area contributed by atoms with Crippen LogP contribution in [0.1, 0.15) is 10.4 Å². The Hall–Kier alpha value is -1.61. The van der Waals surface area contributed by atoms with Crippen molar-refractivity contribution in [3.05, 3.63) is 63.1 Å². The Morgan fingerprint density at radius 3 is 2.33 bits per heavy atom. The number of benzene rings is 2. The van der Waals surface area contributed by atoms with Crippen molar-refractivity contribution in [2.75, 3.05) is 0 Å². The van der Waals surface area contributed by atoms with Gasteiger partial charge in [0.15, 0.2) is 6.29 Å². The van der Waals surface area contributed by atoms with E-state index in [1.807, 2.05) is 24.3 Å². The van der Waals surface area contributed by atoms with Gasteiger partial charge in [-0.05, 0) is 24.3 Å². The van der Waals surface area contributed by atoms with E-state index < -0.39 is 0 Å². The first-order valence-corrected chi connectivity index (χ1v) is 7.23. The van der Waals surface area contributed by atoms with Crippen molar-refractivity contribution in [1.82, 2.24) is 4.98 Å². The summed E-state index contributed by atoms with van der Waals surface area (Å²) in [5, 5.41) is 2.03. The quantitative estimate of drug-likeness (QED) is 0.564. The van der Waals surface area contributed by atoms with Crippen LogP contribution < -0.4 is 0 Å². The molecule has 5 heteroatoms. The van der Waals surface area contributed by atoms with E-state index in [-0.39, 0.29) is 10.6 Å². The Bertz CT molecular complexity index is 844. The molecule has 0 aliphatic rings. The summed E-state index contributed by atoms with van der Waals surface area (Å²) in [6, 6.07) is 12.8.